The molecule has 5 fully saturated rings. The second-order valence-corrected chi connectivity index (χ2v) is 12.2. The molecule has 6 rings (SSSR count). The fourth-order valence-electron chi connectivity index (χ4n) is 7.66. The molecule has 6 heterocycles. The van der Waals surface area contributed by atoms with Crippen molar-refractivity contribution in [2.75, 3.05) is 32.8 Å². The number of hydrogen-bond acceptors (Lipinski definition) is 9. The fourth-order valence-corrected chi connectivity index (χ4v) is 7.66. The molecule has 0 aliphatic carbocycles. The monoisotopic (exact) mass is 549 g/mol. The summed E-state index contributed by atoms with van der Waals surface area (Å²) in [6, 6.07) is -0.265. The van der Waals surface area contributed by atoms with Crippen LogP contribution in [0, 0.1) is 11.8 Å². The molecule has 13 heteroatoms. The summed E-state index contributed by atoms with van der Waals surface area (Å²) in [7, 11) is 0. The van der Waals surface area contributed by atoms with Gasteiger partial charge in [0.15, 0.2) is 0 Å². The zero-order valence-corrected chi connectivity index (χ0v) is 23.4. The van der Waals surface area contributed by atoms with Gasteiger partial charge in [0.25, 0.3) is 0 Å². The topological polar surface area (TPSA) is 116 Å². The van der Waals surface area contributed by atoms with Crippen molar-refractivity contribution in [3.8, 4) is 0 Å². The minimum atomic E-state index is -1.17. The highest BCUT2D eigenvalue weighted by Crippen LogP contribution is 2.39. The maximum Gasteiger partial charge on any atom is 0.320 e. The van der Waals surface area contributed by atoms with E-state index in [2.05, 4.69) is 52.6 Å². The Morgan fingerprint density at radius 2 is 2.03 bits per heavy atom. The summed E-state index contributed by atoms with van der Waals surface area (Å²) < 4.78 is 22.6. The molecule has 5 saturated heterocycles. The summed E-state index contributed by atoms with van der Waals surface area (Å²) >= 11 is 0. The van der Waals surface area contributed by atoms with Gasteiger partial charge in [-0.1, -0.05) is 13.8 Å². The Morgan fingerprint density at radius 1 is 1.21 bits per heavy atom. The van der Waals surface area contributed by atoms with Gasteiger partial charge in [0, 0.05) is 57.2 Å². The first-order valence-electron chi connectivity index (χ1n) is 14.6. The smallest absolute Gasteiger partial charge is 0.320 e. The molecule has 6 aliphatic heterocycles. The van der Waals surface area contributed by atoms with Crippen LogP contribution in [0.15, 0.2) is 11.9 Å². The molecule has 5 N–H and O–H groups in total. The predicted molar refractivity (Wildman–Crippen MR) is 142 cm³/mol. The van der Waals surface area contributed by atoms with Crippen LogP contribution in [0.25, 0.3) is 0 Å². The van der Waals surface area contributed by atoms with Crippen LogP contribution in [-0.2, 0) is 9.53 Å². The number of urea groups is 1. The lowest BCUT2D eigenvalue weighted by molar-refractivity contribution is -0.136. The molecule has 3 amide bonds. The number of fused-ring (bicyclic) bond motifs is 5. The van der Waals surface area contributed by atoms with E-state index in [1.807, 2.05) is 21.0 Å². The Kier molecular flexibility index (Phi) is 7.38. The van der Waals surface area contributed by atoms with Crippen molar-refractivity contribution in [2.24, 2.45) is 11.8 Å². The largest absolute Gasteiger partial charge is 0.376 e. The zero-order valence-electron chi connectivity index (χ0n) is 23.4. The van der Waals surface area contributed by atoms with Crippen molar-refractivity contribution >= 4 is 11.9 Å². The number of rotatable bonds is 2. The molecular formula is C26H44FN9O3. The van der Waals surface area contributed by atoms with Gasteiger partial charge in [-0.05, 0) is 32.2 Å². The summed E-state index contributed by atoms with van der Waals surface area (Å²) in [5, 5.41) is 12.4. The first-order chi connectivity index (χ1) is 18.7. The zero-order chi connectivity index (χ0) is 27.4. The van der Waals surface area contributed by atoms with Crippen LogP contribution in [-0.4, -0.2) is 113 Å². The number of alkyl halides is 1. The highest BCUT2D eigenvalue weighted by atomic mass is 19.1. The van der Waals surface area contributed by atoms with Crippen LogP contribution in [0.3, 0.4) is 0 Å². The van der Waals surface area contributed by atoms with Crippen molar-refractivity contribution < 1.29 is 18.7 Å². The normalized spacial score (nSPS) is 41.2. The molecule has 218 valence electrons. The molecular weight excluding hydrogens is 505 g/mol. The lowest BCUT2D eigenvalue weighted by Gasteiger charge is -2.59. The predicted octanol–water partition coefficient (Wildman–Crippen LogP) is -0.168. The summed E-state index contributed by atoms with van der Waals surface area (Å²) in [5.41, 5.74) is 7.05. The molecule has 8 unspecified atom stereocenters. The van der Waals surface area contributed by atoms with Gasteiger partial charge < -0.3 is 30.6 Å². The molecule has 12 nitrogen and oxygen atoms in total. The van der Waals surface area contributed by atoms with Crippen molar-refractivity contribution in [3.05, 3.63) is 11.9 Å². The number of ether oxygens (including phenoxy) is 1. The highest BCUT2D eigenvalue weighted by Gasteiger charge is 2.56. The number of halogens is 1. The van der Waals surface area contributed by atoms with Gasteiger partial charge in [0.05, 0.1) is 36.8 Å². The van der Waals surface area contributed by atoms with Gasteiger partial charge >= 0.3 is 6.03 Å². The summed E-state index contributed by atoms with van der Waals surface area (Å²) in [6.07, 6.45) is 0.932. The molecule has 39 heavy (non-hydrogen) atoms. The van der Waals surface area contributed by atoms with E-state index in [0.717, 1.165) is 18.7 Å². The molecule has 9 atom stereocenters. The lowest BCUT2D eigenvalue weighted by atomic mass is 9.81. The average Bonchev–Trinajstić information content (AvgIpc) is 3.35. The number of amides is 3. The maximum absolute atomic E-state index is 16.1. The van der Waals surface area contributed by atoms with Gasteiger partial charge in [0.1, 0.15) is 12.3 Å². The van der Waals surface area contributed by atoms with E-state index in [1.54, 1.807) is 6.92 Å². The minimum Gasteiger partial charge on any atom is -0.376 e. The lowest BCUT2D eigenvalue weighted by Crippen LogP contribution is -2.80. The van der Waals surface area contributed by atoms with E-state index in [9.17, 15) is 9.59 Å². The summed E-state index contributed by atoms with van der Waals surface area (Å²) in [4.78, 5) is 32.3. The molecule has 0 aromatic rings. The van der Waals surface area contributed by atoms with Crippen molar-refractivity contribution in [1.82, 2.24) is 46.6 Å². The Morgan fingerprint density at radius 3 is 2.77 bits per heavy atom. The minimum absolute atomic E-state index is 0.0350. The fraction of sp³-hybridized carbons (Fsp3) is 0.846. The standard InChI is InChI=1S/C26H44FN9O3/c1-14(2)21-22-20(5-7-28-21)39-10-6-17-12-29-32-36(17)25-19(27)11-18-23(31-26(38)35(22)24(18)30-25)34-9-8-33(16(4)37)13-15(34)3/h12,14-15,18-25,28-30,32H,5-11,13H2,1-4H3,(H,31,38)/t15-,18?,19?,20?,21?,22?,23?,24?,25?/m0/s1. The van der Waals surface area contributed by atoms with Crippen molar-refractivity contribution in [2.45, 2.75) is 95.9 Å². The molecule has 6 aliphatic rings. The van der Waals surface area contributed by atoms with E-state index in [-0.39, 0.29) is 54.2 Å². The Labute approximate surface area is 229 Å². The highest BCUT2D eigenvalue weighted by molar-refractivity contribution is 5.77. The quantitative estimate of drug-likeness (QED) is 0.320. The third-order valence-electron chi connectivity index (χ3n) is 9.58. The Bertz CT molecular complexity index is 984. The number of hydrogen-bond donors (Lipinski definition) is 5. The van der Waals surface area contributed by atoms with Crippen LogP contribution in [0.5, 0.6) is 0 Å². The Balaban J connectivity index is 1.37. The number of carbonyl (C=O) groups excluding carboxylic acids is 2. The number of nitrogens with one attached hydrogen (secondary N) is 5. The van der Waals surface area contributed by atoms with Crippen LogP contribution in [0.2, 0.25) is 0 Å². The van der Waals surface area contributed by atoms with Gasteiger partial charge in [-0.3, -0.25) is 20.0 Å². The first kappa shape index (κ1) is 27.0. The van der Waals surface area contributed by atoms with Crippen molar-refractivity contribution in [1.29, 1.82) is 0 Å². The summed E-state index contributed by atoms with van der Waals surface area (Å²) in [6.45, 7) is 11.2. The maximum atomic E-state index is 16.1. The third-order valence-corrected chi connectivity index (χ3v) is 9.58. The van der Waals surface area contributed by atoms with E-state index >= 15 is 4.39 Å². The molecule has 0 radical (unpaired) electrons. The van der Waals surface area contributed by atoms with Crippen LogP contribution >= 0.6 is 0 Å². The number of carbonyl (C=O) groups is 2. The van der Waals surface area contributed by atoms with Gasteiger partial charge in [0.2, 0.25) is 5.91 Å². The van der Waals surface area contributed by atoms with E-state index in [1.165, 1.54) is 0 Å². The molecule has 2 bridgehead atoms. The van der Waals surface area contributed by atoms with E-state index in [0.29, 0.717) is 39.1 Å². The van der Waals surface area contributed by atoms with Crippen molar-refractivity contribution in [3.63, 3.8) is 0 Å². The van der Waals surface area contributed by atoms with Crippen LogP contribution in [0.1, 0.15) is 47.0 Å². The second-order valence-electron chi connectivity index (χ2n) is 12.2. The number of hydrazine groups is 2. The molecule has 0 aromatic heterocycles. The first-order valence-corrected chi connectivity index (χ1v) is 14.6. The third kappa shape index (κ3) is 4.75. The SMILES string of the molecule is CC(=O)N1CCN(C2NC(=O)N3C4NC(C(F)CC42)N2NNC=C2CCOC2CCNC(C(C)C)C23)[C@@H](C)C1. The second kappa shape index (κ2) is 10.7. The van der Waals surface area contributed by atoms with Crippen LogP contribution < -0.4 is 26.9 Å². The number of piperazine rings is 1. The van der Waals surface area contributed by atoms with E-state index < -0.39 is 18.5 Å². The molecule has 0 aromatic carbocycles. The average molecular weight is 550 g/mol. The summed E-state index contributed by atoms with van der Waals surface area (Å²) in [5.74, 6) is 0.139. The van der Waals surface area contributed by atoms with Crippen LogP contribution in [0.4, 0.5) is 9.18 Å². The Hall–Kier alpha value is -2.19. The number of nitrogens with zero attached hydrogens (tertiary/aromatic N) is 4. The van der Waals surface area contributed by atoms with Gasteiger partial charge in [-0.2, -0.15) is 0 Å². The molecule has 0 saturated carbocycles. The number of piperidine rings is 2. The van der Waals surface area contributed by atoms with Gasteiger partial charge in [-0.25, -0.2) is 9.18 Å². The van der Waals surface area contributed by atoms with E-state index in [4.69, 9.17) is 4.74 Å². The molecule has 0 spiro atoms. The van der Waals surface area contributed by atoms with Gasteiger partial charge in [-0.15, -0.1) is 5.53 Å².